The Morgan fingerprint density at radius 3 is 2.54 bits per heavy atom. The average molecular weight is 183 g/mol. The van der Waals surface area contributed by atoms with Crippen LogP contribution < -0.4 is 0 Å². The number of hydrogen-bond acceptors (Lipinski definition) is 2. The zero-order valence-electron chi connectivity index (χ0n) is 9.21. The van der Waals surface area contributed by atoms with Gasteiger partial charge in [0.05, 0.1) is 0 Å². The third-order valence-electron chi connectivity index (χ3n) is 1.61. The van der Waals surface area contributed by atoms with E-state index in [0.717, 1.165) is 25.3 Å². The highest BCUT2D eigenvalue weighted by Gasteiger charge is 1.92. The molecule has 0 N–H and O–H groups in total. The number of ether oxygens (including phenoxy) is 1. The normalized spacial score (nSPS) is 12.8. The molecule has 0 heterocycles. The first kappa shape index (κ1) is 12.2. The van der Waals surface area contributed by atoms with E-state index in [1.165, 1.54) is 0 Å². The molecule has 0 aliphatic carbocycles. The second-order valence-electron chi connectivity index (χ2n) is 3.15. The molecule has 0 fully saturated rings. The second kappa shape index (κ2) is 7.87. The monoisotopic (exact) mass is 183 g/mol. The highest BCUT2D eigenvalue weighted by Crippen LogP contribution is 2.00. The minimum Gasteiger partial charge on any atom is -0.493 e. The van der Waals surface area contributed by atoms with Crippen LogP contribution in [0.2, 0.25) is 0 Å². The molecular weight excluding hydrogens is 162 g/mol. The van der Waals surface area contributed by atoms with Gasteiger partial charge in [-0.25, -0.2) is 0 Å². The van der Waals surface area contributed by atoms with E-state index in [4.69, 9.17) is 4.74 Å². The van der Waals surface area contributed by atoms with Crippen molar-refractivity contribution in [3.05, 3.63) is 24.0 Å². The average Bonchev–Trinajstić information content (AvgIpc) is 2.10. The summed E-state index contributed by atoms with van der Waals surface area (Å²) in [6.07, 6.45) is 7.16. The van der Waals surface area contributed by atoms with Crippen molar-refractivity contribution in [2.75, 3.05) is 27.2 Å². The van der Waals surface area contributed by atoms with Gasteiger partial charge in [0.25, 0.3) is 0 Å². The third kappa shape index (κ3) is 7.60. The minimum atomic E-state index is 0.751. The molecule has 0 saturated carbocycles. The van der Waals surface area contributed by atoms with E-state index in [1.54, 1.807) is 0 Å². The van der Waals surface area contributed by atoms with Crippen molar-refractivity contribution >= 4 is 0 Å². The lowest BCUT2D eigenvalue weighted by molar-refractivity contribution is 0.192. The summed E-state index contributed by atoms with van der Waals surface area (Å²) < 4.78 is 5.54. The van der Waals surface area contributed by atoms with Crippen LogP contribution in [0.5, 0.6) is 0 Å². The van der Waals surface area contributed by atoms with Gasteiger partial charge >= 0.3 is 0 Å². The first-order valence-corrected chi connectivity index (χ1v) is 4.81. The van der Waals surface area contributed by atoms with Crippen LogP contribution in [0.3, 0.4) is 0 Å². The summed E-state index contributed by atoms with van der Waals surface area (Å²) in [5.41, 5.74) is 0. The topological polar surface area (TPSA) is 12.5 Å². The Morgan fingerprint density at radius 2 is 2.08 bits per heavy atom. The molecule has 0 aromatic heterocycles. The van der Waals surface area contributed by atoms with Gasteiger partial charge in [0, 0.05) is 6.54 Å². The minimum absolute atomic E-state index is 0.751. The maximum absolute atomic E-state index is 5.54. The number of rotatable bonds is 6. The number of likely N-dealkylation sites (N-methyl/N-ethyl adjacent to an activating group) is 1. The van der Waals surface area contributed by atoms with E-state index in [2.05, 4.69) is 17.9 Å². The van der Waals surface area contributed by atoms with Crippen LogP contribution in [-0.4, -0.2) is 32.1 Å². The number of hydrogen-bond donors (Lipinski definition) is 0. The Kier molecular flexibility index (Phi) is 7.41. The fraction of sp³-hybridized carbons (Fsp3) is 0.636. The van der Waals surface area contributed by atoms with E-state index < -0.39 is 0 Å². The lowest BCUT2D eigenvalue weighted by Crippen LogP contribution is -2.17. The molecule has 0 rings (SSSR count). The molecule has 2 nitrogen and oxygen atoms in total. The predicted molar refractivity (Wildman–Crippen MR) is 57.7 cm³/mol. The van der Waals surface area contributed by atoms with Gasteiger partial charge in [0.15, 0.2) is 0 Å². The molecule has 0 bridgehead atoms. The zero-order valence-corrected chi connectivity index (χ0v) is 9.21. The maximum atomic E-state index is 5.54. The summed E-state index contributed by atoms with van der Waals surface area (Å²) in [7, 11) is 4.08. The molecule has 0 spiro atoms. The molecule has 0 radical (unpaired) electrons. The Morgan fingerprint density at radius 1 is 1.38 bits per heavy atom. The lowest BCUT2D eigenvalue weighted by atomic mass is 10.3. The molecule has 0 atom stereocenters. The summed E-state index contributed by atoms with van der Waals surface area (Å²) >= 11 is 0. The third-order valence-corrected chi connectivity index (χ3v) is 1.61. The summed E-state index contributed by atoms with van der Waals surface area (Å²) in [5, 5.41) is 0. The Hall–Kier alpha value is -0.760. The summed E-state index contributed by atoms with van der Waals surface area (Å²) in [6.45, 7) is 5.81. The van der Waals surface area contributed by atoms with Gasteiger partial charge < -0.3 is 9.64 Å². The van der Waals surface area contributed by atoms with Gasteiger partial charge in [-0.05, 0) is 39.6 Å². The second-order valence-corrected chi connectivity index (χ2v) is 3.15. The first-order valence-electron chi connectivity index (χ1n) is 4.81. The molecule has 0 saturated heterocycles. The van der Waals surface area contributed by atoms with Crippen LogP contribution in [0.15, 0.2) is 24.0 Å². The van der Waals surface area contributed by atoms with Crippen molar-refractivity contribution in [3.8, 4) is 0 Å². The Bertz CT molecular complexity index is 171. The molecule has 0 unspecified atom stereocenters. The number of nitrogens with zero attached hydrogens (tertiary/aromatic N) is 1. The van der Waals surface area contributed by atoms with Crippen molar-refractivity contribution in [2.45, 2.75) is 20.3 Å². The first-order chi connectivity index (χ1) is 6.20. The van der Waals surface area contributed by atoms with Crippen LogP contribution in [0, 0.1) is 0 Å². The quantitative estimate of drug-likeness (QED) is 0.463. The van der Waals surface area contributed by atoms with Crippen LogP contribution in [0.1, 0.15) is 20.3 Å². The molecule has 0 aromatic rings. The number of allylic oxidation sites excluding steroid dienone is 3. The van der Waals surface area contributed by atoms with Crippen molar-refractivity contribution < 1.29 is 4.74 Å². The molecule has 0 aliphatic heterocycles. The lowest BCUT2D eigenvalue weighted by Gasteiger charge is -2.11. The predicted octanol–water partition coefficient (Wildman–Crippen LogP) is 2.43. The van der Waals surface area contributed by atoms with E-state index >= 15 is 0 Å². The Labute approximate surface area is 81.9 Å². The fourth-order valence-corrected chi connectivity index (χ4v) is 0.808. The highest BCUT2D eigenvalue weighted by molar-refractivity contribution is 5.10. The van der Waals surface area contributed by atoms with Crippen LogP contribution >= 0.6 is 0 Å². The van der Waals surface area contributed by atoms with Gasteiger partial charge in [-0.2, -0.15) is 0 Å². The Balaban J connectivity index is 3.68. The summed E-state index contributed by atoms with van der Waals surface area (Å²) in [4.78, 5) is 2.11. The van der Waals surface area contributed by atoms with Crippen LogP contribution in [-0.2, 0) is 4.74 Å². The van der Waals surface area contributed by atoms with Crippen LogP contribution in [0.4, 0.5) is 0 Å². The molecule has 0 aromatic carbocycles. The van der Waals surface area contributed by atoms with Gasteiger partial charge in [-0.3, -0.25) is 0 Å². The molecule has 76 valence electrons. The SMILES string of the molecule is C/C=C(\C=C/CC)OCCN(C)C. The van der Waals surface area contributed by atoms with Gasteiger partial charge in [-0.1, -0.05) is 13.0 Å². The van der Waals surface area contributed by atoms with Crippen molar-refractivity contribution in [1.29, 1.82) is 0 Å². The summed E-state index contributed by atoms with van der Waals surface area (Å²) in [6, 6.07) is 0. The fourth-order valence-electron chi connectivity index (χ4n) is 0.808. The zero-order chi connectivity index (χ0) is 10.1. The highest BCUT2D eigenvalue weighted by atomic mass is 16.5. The molecular formula is C11H21NO. The van der Waals surface area contributed by atoms with Gasteiger partial charge in [0.1, 0.15) is 12.4 Å². The van der Waals surface area contributed by atoms with Crippen LogP contribution in [0.25, 0.3) is 0 Å². The largest absolute Gasteiger partial charge is 0.493 e. The smallest absolute Gasteiger partial charge is 0.114 e. The maximum Gasteiger partial charge on any atom is 0.114 e. The summed E-state index contributed by atoms with van der Waals surface area (Å²) in [5.74, 6) is 0.962. The van der Waals surface area contributed by atoms with Gasteiger partial charge in [-0.15, -0.1) is 0 Å². The van der Waals surface area contributed by atoms with E-state index in [9.17, 15) is 0 Å². The molecule has 0 amide bonds. The van der Waals surface area contributed by atoms with Crippen molar-refractivity contribution in [2.24, 2.45) is 0 Å². The molecule has 0 aliphatic rings. The molecule has 2 heteroatoms. The van der Waals surface area contributed by atoms with Gasteiger partial charge in [0.2, 0.25) is 0 Å². The van der Waals surface area contributed by atoms with E-state index in [0.29, 0.717) is 0 Å². The van der Waals surface area contributed by atoms with Crippen molar-refractivity contribution in [1.82, 2.24) is 4.90 Å². The van der Waals surface area contributed by atoms with E-state index in [-0.39, 0.29) is 0 Å². The standard InChI is InChI=1S/C11H21NO/c1-5-7-8-11(6-2)13-10-9-12(3)4/h6-8H,5,9-10H2,1-4H3/b8-7-,11-6+. The molecule has 13 heavy (non-hydrogen) atoms. The van der Waals surface area contributed by atoms with Crippen molar-refractivity contribution in [3.63, 3.8) is 0 Å². The van der Waals surface area contributed by atoms with E-state index in [1.807, 2.05) is 33.2 Å².